The van der Waals surface area contributed by atoms with E-state index in [0.717, 1.165) is 0 Å². The number of aliphatic imine (C=N–C) groups is 2. The van der Waals surface area contributed by atoms with Gasteiger partial charge in [-0.1, -0.05) is 13.8 Å². The van der Waals surface area contributed by atoms with Crippen molar-refractivity contribution in [3.05, 3.63) is 0 Å². The van der Waals surface area contributed by atoms with Crippen LogP contribution in [0.3, 0.4) is 0 Å². The molecular weight excluding hydrogens is 609 g/mol. The molecule has 0 bridgehead atoms. The van der Waals surface area contributed by atoms with Gasteiger partial charge in [-0.2, -0.15) is 10.2 Å². The van der Waals surface area contributed by atoms with Crippen LogP contribution in [0.25, 0.3) is 0 Å². The monoisotopic (exact) mass is 660 g/mol. The van der Waals surface area contributed by atoms with Crippen molar-refractivity contribution in [2.24, 2.45) is 20.2 Å². The van der Waals surface area contributed by atoms with Gasteiger partial charge >= 0.3 is 30.0 Å². The number of amides is 4. The molecule has 2 heterocycles. The lowest BCUT2D eigenvalue weighted by Gasteiger charge is -2.39. The second-order valence-electron chi connectivity index (χ2n) is 11.2. The highest BCUT2D eigenvalue weighted by Gasteiger charge is 2.54. The van der Waals surface area contributed by atoms with Crippen LogP contribution in [-0.2, 0) is 26.6 Å². The average Bonchev–Trinajstić information content (AvgIpc) is 3.72. The number of amidine groups is 2. The topological polar surface area (TPSA) is 152 Å². The number of rotatable bonds is 16. The van der Waals surface area contributed by atoms with Crippen LogP contribution in [0, 0.1) is 0 Å². The van der Waals surface area contributed by atoms with E-state index in [-0.39, 0.29) is 12.1 Å². The standard InChI is InChI=1S/C26H52N8O8Si2/c1-13-17-33(43(37-7,38-8)39-9)23(35)31-19-15-27-21(31)25(3,4)29-30-26(5,6)22-28-16-20-32(22)24(36)34(18-14-2)44(40-10,41-11)42-12/h13-20H2,1-12H3. The first-order chi connectivity index (χ1) is 20.7. The van der Waals surface area contributed by atoms with E-state index < -0.39 is 29.0 Å². The van der Waals surface area contributed by atoms with E-state index in [1.165, 1.54) is 51.8 Å². The Morgan fingerprint density at radius 3 is 1.23 bits per heavy atom. The zero-order chi connectivity index (χ0) is 33.3. The maximum atomic E-state index is 13.9. The number of hydrogen-bond acceptors (Lipinski definition) is 12. The summed E-state index contributed by atoms with van der Waals surface area (Å²) >= 11 is 0. The minimum Gasteiger partial charge on any atom is -0.360 e. The number of azo groups is 1. The van der Waals surface area contributed by atoms with Gasteiger partial charge in [0.2, 0.25) is 0 Å². The predicted molar refractivity (Wildman–Crippen MR) is 169 cm³/mol. The summed E-state index contributed by atoms with van der Waals surface area (Å²) in [4.78, 5) is 40.3. The molecule has 0 N–H and O–H groups in total. The molecule has 0 saturated carbocycles. The molecule has 0 aromatic heterocycles. The van der Waals surface area contributed by atoms with Crippen LogP contribution in [0.15, 0.2) is 20.2 Å². The van der Waals surface area contributed by atoms with E-state index >= 15 is 0 Å². The summed E-state index contributed by atoms with van der Waals surface area (Å²) in [5, 5.41) is 9.38. The van der Waals surface area contributed by atoms with E-state index in [0.29, 0.717) is 63.8 Å². The maximum absolute atomic E-state index is 13.9. The molecule has 0 saturated heterocycles. The fourth-order valence-electron chi connectivity index (χ4n) is 5.25. The zero-order valence-electron chi connectivity index (χ0n) is 28.5. The summed E-state index contributed by atoms with van der Waals surface area (Å²) in [6.07, 6.45) is 1.34. The van der Waals surface area contributed by atoms with Crippen LogP contribution < -0.4 is 0 Å². The summed E-state index contributed by atoms with van der Waals surface area (Å²) in [5.41, 5.74) is -1.99. The van der Waals surface area contributed by atoms with Gasteiger partial charge in [-0.3, -0.25) is 28.9 Å². The molecule has 2 aliphatic rings. The molecule has 0 atom stereocenters. The number of carbonyl (C=O) groups excluding carboxylic acids is 2. The van der Waals surface area contributed by atoms with Crippen LogP contribution in [0.2, 0.25) is 0 Å². The highest BCUT2D eigenvalue weighted by Crippen LogP contribution is 2.28. The van der Waals surface area contributed by atoms with Crippen LogP contribution in [0.4, 0.5) is 9.59 Å². The Morgan fingerprint density at radius 1 is 0.682 bits per heavy atom. The van der Waals surface area contributed by atoms with E-state index in [2.05, 4.69) is 20.2 Å². The molecule has 0 unspecified atom stereocenters. The fraction of sp³-hybridized carbons (Fsp3) is 0.846. The molecule has 4 amide bonds. The maximum Gasteiger partial charge on any atom is 0.636 e. The van der Waals surface area contributed by atoms with Gasteiger partial charge in [0.05, 0.1) is 13.1 Å². The molecule has 0 radical (unpaired) electrons. The SMILES string of the molecule is CCCN(C(=O)N1CCN=C1C(C)(C)N=NC(C)(C)C1=NCCN1C(=O)N(CCC)[Si](OC)(OC)OC)[Si](OC)(OC)OC. The molecular formula is C26H52N8O8Si2. The largest absolute Gasteiger partial charge is 0.636 e. The van der Waals surface area contributed by atoms with Gasteiger partial charge < -0.3 is 26.6 Å². The lowest BCUT2D eigenvalue weighted by molar-refractivity contribution is 0.0631. The van der Waals surface area contributed by atoms with Gasteiger partial charge in [0, 0.05) is 68.8 Å². The molecule has 0 aromatic carbocycles. The Morgan fingerprint density at radius 2 is 0.977 bits per heavy atom. The van der Waals surface area contributed by atoms with Gasteiger partial charge in [-0.15, -0.1) is 0 Å². The third-order valence-electron chi connectivity index (χ3n) is 7.35. The molecule has 44 heavy (non-hydrogen) atoms. The summed E-state index contributed by atoms with van der Waals surface area (Å²) in [7, 11) is 1.90. The number of carbonyl (C=O) groups is 2. The van der Waals surface area contributed by atoms with Crippen LogP contribution in [-0.4, -0.2) is 154 Å². The van der Waals surface area contributed by atoms with Crippen molar-refractivity contribution in [2.75, 3.05) is 81.9 Å². The Labute approximate surface area is 264 Å². The van der Waals surface area contributed by atoms with Crippen molar-refractivity contribution < 1.29 is 36.1 Å². The molecule has 16 nitrogen and oxygen atoms in total. The zero-order valence-corrected chi connectivity index (χ0v) is 30.5. The molecule has 0 aliphatic carbocycles. The Hall–Kier alpha value is -2.33. The first kappa shape index (κ1) is 37.9. The van der Waals surface area contributed by atoms with Crippen LogP contribution >= 0.6 is 0 Å². The fourth-order valence-corrected chi connectivity index (χ4v) is 9.28. The third-order valence-corrected chi connectivity index (χ3v) is 12.6. The quantitative estimate of drug-likeness (QED) is 0.181. The van der Waals surface area contributed by atoms with Crippen molar-refractivity contribution >= 4 is 41.7 Å². The van der Waals surface area contributed by atoms with E-state index in [1.807, 2.05) is 41.5 Å². The van der Waals surface area contributed by atoms with Gasteiger partial charge in [0.15, 0.2) is 0 Å². The minimum atomic E-state index is -3.46. The van der Waals surface area contributed by atoms with Gasteiger partial charge in [-0.25, -0.2) is 9.59 Å². The van der Waals surface area contributed by atoms with Gasteiger partial charge in [0.25, 0.3) is 0 Å². The summed E-state index contributed by atoms with van der Waals surface area (Å²) in [6, 6.07) is -0.671. The molecule has 0 spiro atoms. The smallest absolute Gasteiger partial charge is 0.360 e. The van der Waals surface area contributed by atoms with Crippen molar-refractivity contribution in [3.63, 3.8) is 0 Å². The molecule has 2 aliphatic heterocycles. The molecule has 252 valence electrons. The van der Waals surface area contributed by atoms with Gasteiger partial charge in [-0.05, 0) is 40.5 Å². The predicted octanol–water partition coefficient (Wildman–Crippen LogP) is 2.84. The Bertz CT molecular complexity index is 984. The normalized spacial score (nSPS) is 16.5. The Kier molecular flexibility index (Phi) is 13.6. The molecule has 18 heteroatoms. The van der Waals surface area contributed by atoms with Gasteiger partial charge in [0.1, 0.15) is 22.7 Å². The molecule has 0 aromatic rings. The van der Waals surface area contributed by atoms with Crippen LogP contribution in [0.1, 0.15) is 54.4 Å². The first-order valence-electron chi connectivity index (χ1n) is 14.8. The number of hydrogen-bond donors (Lipinski definition) is 0. The average molecular weight is 661 g/mol. The lowest BCUT2D eigenvalue weighted by atomic mass is 10.0. The summed E-state index contributed by atoms with van der Waals surface area (Å²) in [6.45, 7) is 13.6. The lowest BCUT2D eigenvalue weighted by Crippen LogP contribution is -2.65. The van der Waals surface area contributed by atoms with Crippen molar-refractivity contribution in [2.45, 2.75) is 65.5 Å². The molecule has 0 fully saturated rings. The van der Waals surface area contributed by atoms with E-state index in [4.69, 9.17) is 26.6 Å². The number of urea groups is 2. The van der Waals surface area contributed by atoms with Crippen molar-refractivity contribution in [1.82, 2.24) is 18.9 Å². The van der Waals surface area contributed by atoms with E-state index in [9.17, 15) is 9.59 Å². The van der Waals surface area contributed by atoms with Crippen molar-refractivity contribution in [1.29, 1.82) is 0 Å². The highest BCUT2D eigenvalue weighted by atomic mass is 28.4. The second kappa shape index (κ2) is 15.8. The van der Waals surface area contributed by atoms with E-state index in [1.54, 1.807) is 9.80 Å². The first-order valence-corrected chi connectivity index (χ1v) is 18.1. The highest BCUT2D eigenvalue weighted by molar-refractivity contribution is 6.61. The third kappa shape index (κ3) is 7.55. The Balaban J connectivity index is 2.37. The van der Waals surface area contributed by atoms with Crippen LogP contribution in [0.5, 0.6) is 0 Å². The minimum absolute atomic E-state index is 0.335. The summed E-state index contributed by atoms with van der Waals surface area (Å²) < 4.78 is 36.8. The number of nitrogens with zero attached hydrogens (tertiary/aromatic N) is 8. The summed E-state index contributed by atoms with van der Waals surface area (Å²) in [5.74, 6) is 0.918. The van der Waals surface area contributed by atoms with Crippen molar-refractivity contribution in [3.8, 4) is 0 Å². The molecule has 2 rings (SSSR count). The second-order valence-corrected chi connectivity index (χ2v) is 16.8.